The molecule has 1 aliphatic heterocycles. The molecule has 0 amide bonds. The van der Waals surface area contributed by atoms with Crippen molar-refractivity contribution in [2.45, 2.75) is 89.7 Å². The molecular formula is C22H37NO2. The lowest BCUT2D eigenvalue weighted by atomic mass is 9.84. The van der Waals surface area contributed by atoms with E-state index in [2.05, 4.69) is 19.1 Å². The highest BCUT2D eigenvalue weighted by Crippen LogP contribution is 2.38. The molecule has 25 heavy (non-hydrogen) atoms. The van der Waals surface area contributed by atoms with Crippen molar-refractivity contribution in [2.75, 3.05) is 6.54 Å². The zero-order valence-corrected chi connectivity index (χ0v) is 15.9. The summed E-state index contributed by atoms with van der Waals surface area (Å²) in [5.74, 6) is 0.376. The average molecular weight is 348 g/mol. The molecule has 0 radical (unpaired) electrons. The normalized spacial score (nSPS) is 24.0. The van der Waals surface area contributed by atoms with Crippen LogP contribution < -0.4 is 0 Å². The number of benzene rings is 1. The van der Waals surface area contributed by atoms with E-state index in [1.54, 1.807) is 0 Å². The Morgan fingerprint density at radius 3 is 2.04 bits per heavy atom. The zero-order valence-electron chi connectivity index (χ0n) is 15.9. The second kappa shape index (κ2) is 11.7. The van der Waals surface area contributed by atoms with Crippen LogP contribution in [0.15, 0.2) is 30.3 Å². The van der Waals surface area contributed by atoms with E-state index < -0.39 is 6.23 Å². The molecule has 0 bridgehead atoms. The van der Waals surface area contributed by atoms with Crippen molar-refractivity contribution in [2.24, 2.45) is 5.92 Å². The first-order valence-corrected chi connectivity index (χ1v) is 10.4. The van der Waals surface area contributed by atoms with Crippen LogP contribution in [0.25, 0.3) is 0 Å². The standard InChI is InChI=1S/C22H37NO2/c1-2-3-4-5-6-7-8-9-10-14-17-20-21(18-23(25)22(20)24)19-15-12-11-13-16-19/h11-13,15-16,20-22,24-25H,2-10,14,17-18H2,1H3. The van der Waals surface area contributed by atoms with Crippen LogP contribution in [-0.4, -0.2) is 28.1 Å². The van der Waals surface area contributed by atoms with Gasteiger partial charge in [-0.1, -0.05) is 101 Å². The summed E-state index contributed by atoms with van der Waals surface area (Å²) >= 11 is 0. The van der Waals surface area contributed by atoms with Crippen LogP contribution in [0.4, 0.5) is 0 Å². The number of hydrogen-bond acceptors (Lipinski definition) is 3. The van der Waals surface area contributed by atoms with Gasteiger partial charge in [-0.25, -0.2) is 0 Å². The molecule has 1 saturated heterocycles. The van der Waals surface area contributed by atoms with Crippen molar-refractivity contribution in [1.29, 1.82) is 0 Å². The van der Waals surface area contributed by atoms with E-state index in [-0.39, 0.29) is 11.8 Å². The number of hydrogen-bond donors (Lipinski definition) is 2. The Bertz CT molecular complexity index is 451. The fraction of sp³-hybridized carbons (Fsp3) is 0.727. The summed E-state index contributed by atoms with van der Waals surface area (Å²) in [5.41, 5.74) is 1.23. The Hall–Kier alpha value is -0.900. The molecule has 142 valence electrons. The molecule has 1 fully saturated rings. The van der Waals surface area contributed by atoms with Gasteiger partial charge in [-0.3, -0.25) is 0 Å². The minimum atomic E-state index is -0.719. The molecule has 0 aromatic heterocycles. The second-order valence-electron chi connectivity index (χ2n) is 7.69. The van der Waals surface area contributed by atoms with Crippen molar-refractivity contribution < 1.29 is 10.3 Å². The smallest absolute Gasteiger partial charge is 0.133 e. The largest absolute Gasteiger partial charge is 0.376 e. The van der Waals surface area contributed by atoms with Gasteiger partial charge in [-0.05, 0) is 12.0 Å². The maximum absolute atomic E-state index is 10.3. The maximum Gasteiger partial charge on any atom is 0.133 e. The molecule has 3 heteroatoms. The van der Waals surface area contributed by atoms with Gasteiger partial charge < -0.3 is 10.3 Å². The van der Waals surface area contributed by atoms with Gasteiger partial charge in [0.1, 0.15) is 6.23 Å². The molecule has 2 N–H and O–H groups in total. The maximum atomic E-state index is 10.3. The summed E-state index contributed by atoms with van der Waals surface area (Å²) in [6.07, 6.45) is 13.6. The number of unbranched alkanes of at least 4 members (excludes halogenated alkanes) is 9. The summed E-state index contributed by atoms with van der Waals surface area (Å²) in [4.78, 5) is 0. The number of rotatable bonds is 12. The Balaban J connectivity index is 1.63. The van der Waals surface area contributed by atoms with Gasteiger partial charge in [0.05, 0.1) is 0 Å². The molecule has 3 unspecified atom stereocenters. The van der Waals surface area contributed by atoms with Crippen molar-refractivity contribution >= 4 is 0 Å². The minimum absolute atomic E-state index is 0.140. The van der Waals surface area contributed by atoms with Gasteiger partial charge in [0.2, 0.25) is 0 Å². The SMILES string of the molecule is CCCCCCCCCCCCC1C(c2ccccc2)CN(O)C1O. The lowest BCUT2D eigenvalue weighted by Gasteiger charge is -2.21. The van der Waals surface area contributed by atoms with Gasteiger partial charge in [0.25, 0.3) is 0 Å². The van der Waals surface area contributed by atoms with E-state index in [0.29, 0.717) is 6.54 Å². The van der Waals surface area contributed by atoms with Crippen molar-refractivity contribution in [3.8, 4) is 0 Å². The topological polar surface area (TPSA) is 43.7 Å². The quantitative estimate of drug-likeness (QED) is 0.475. The van der Waals surface area contributed by atoms with Gasteiger partial charge in [0, 0.05) is 18.4 Å². The van der Waals surface area contributed by atoms with Crippen LogP contribution in [0, 0.1) is 5.92 Å². The highest BCUT2D eigenvalue weighted by atomic mass is 16.5. The van der Waals surface area contributed by atoms with Crippen LogP contribution in [0.3, 0.4) is 0 Å². The first-order valence-electron chi connectivity index (χ1n) is 10.4. The van der Waals surface area contributed by atoms with Crippen LogP contribution in [0.1, 0.15) is 89.0 Å². The Labute approximate surface area is 154 Å². The fourth-order valence-electron chi connectivity index (χ4n) is 4.14. The van der Waals surface area contributed by atoms with Gasteiger partial charge in [0.15, 0.2) is 0 Å². The second-order valence-corrected chi connectivity index (χ2v) is 7.69. The molecule has 0 aliphatic carbocycles. The number of hydroxylamine groups is 2. The average Bonchev–Trinajstić information content (AvgIpc) is 2.92. The van der Waals surface area contributed by atoms with Crippen molar-refractivity contribution in [3.63, 3.8) is 0 Å². The third kappa shape index (κ3) is 6.73. The zero-order chi connectivity index (χ0) is 17.9. The lowest BCUT2D eigenvalue weighted by molar-refractivity contribution is -0.181. The molecule has 1 aromatic carbocycles. The molecule has 1 aliphatic rings. The first-order chi connectivity index (χ1) is 12.2. The molecule has 2 rings (SSSR count). The molecular weight excluding hydrogens is 310 g/mol. The van der Waals surface area contributed by atoms with Crippen LogP contribution in [-0.2, 0) is 0 Å². The van der Waals surface area contributed by atoms with Crippen LogP contribution in [0.2, 0.25) is 0 Å². The molecule has 0 spiro atoms. The molecule has 3 atom stereocenters. The number of aliphatic hydroxyl groups excluding tert-OH is 1. The number of nitrogens with zero attached hydrogens (tertiary/aromatic N) is 1. The lowest BCUT2D eigenvalue weighted by Crippen LogP contribution is -2.29. The Morgan fingerprint density at radius 2 is 1.44 bits per heavy atom. The van der Waals surface area contributed by atoms with Crippen LogP contribution in [0.5, 0.6) is 0 Å². The van der Waals surface area contributed by atoms with Crippen molar-refractivity contribution in [1.82, 2.24) is 5.06 Å². The van der Waals surface area contributed by atoms with Crippen LogP contribution >= 0.6 is 0 Å². The van der Waals surface area contributed by atoms with Gasteiger partial charge in [-0.15, -0.1) is 0 Å². The predicted molar refractivity (Wildman–Crippen MR) is 104 cm³/mol. The summed E-state index contributed by atoms with van der Waals surface area (Å²) in [6.45, 7) is 2.80. The van der Waals surface area contributed by atoms with E-state index in [4.69, 9.17) is 0 Å². The molecule has 0 saturated carbocycles. The first kappa shape index (κ1) is 20.4. The summed E-state index contributed by atoms with van der Waals surface area (Å²) in [7, 11) is 0. The van der Waals surface area contributed by atoms with E-state index in [1.807, 2.05) is 18.2 Å². The Morgan fingerprint density at radius 1 is 0.880 bits per heavy atom. The number of aliphatic hydroxyl groups is 1. The summed E-state index contributed by atoms with van der Waals surface area (Å²) < 4.78 is 0. The molecule has 1 heterocycles. The summed E-state index contributed by atoms with van der Waals surface area (Å²) in [6, 6.07) is 10.3. The van der Waals surface area contributed by atoms with E-state index in [9.17, 15) is 10.3 Å². The van der Waals surface area contributed by atoms with Crippen molar-refractivity contribution in [3.05, 3.63) is 35.9 Å². The monoisotopic (exact) mass is 347 g/mol. The molecule has 3 nitrogen and oxygen atoms in total. The Kier molecular flexibility index (Phi) is 9.52. The fourth-order valence-corrected chi connectivity index (χ4v) is 4.14. The minimum Gasteiger partial charge on any atom is -0.376 e. The van der Waals surface area contributed by atoms with E-state index in [1.165, 1.54) is 63.4 Å². The highest BCUT2D eigenvalue weighted by Gasteiger charge is 2.40. The van der Waals surface area contributed by atoms with Gasteiger partial charge in [-0.2, -0.15) is 5.06 Å². The third-order valence-electron chi connectivity index (χ3n) is 5.71. The molecule has 1 aromatic rings. The third-order valence-corrected chi connectivity index (χ3v) is 5.71. The van der Waals surface area contributed by atoms with Gasteiger partial charge >= 0.3 is 0 Å². The summed E-state index contributed by atoms with van der Waals surface area (Å²) in [5, 5.41) is 21.4. The predicted octanol–water partition coefficient (Wildman–Crippen LogP) is 5.72. The highest BCUT2D eigenvalue weighted by molar-refractivity contribution is 5.22. The van der Waals surface area contributed by atoms with E-state index in [0.717, 1.165) is 17.9 Å². The van der Waals surface area contributed by atoms with E-state index >= 15 is 0 Å².